The molecule has 1 aliphatic heterocycles. The minimum absolute atomic E-state index is 0.0553. The number of rotatable bonds is 8. The van der Waals surface area contributed by atoms with E-state index in [0.29, 0.717) is 19.4 Å². The fourth-order valence-electron chi connectivity index (χ4n) is 2.21. The van der Waals surface area contributed by atoms with Crippen LogP contribution in [0.5, 0.6) is 0 Å². The molecule has 18 heavy (non-hydrogen) atoms. The van der Waals surface area contributed by atoms with E-state index in [1.165, 1.54) is 19.3 Å². The smallest absolute Gasteiger partial charge is 0.211 e. The number of nitrogens with one attached hydrogen (secondary N) is 1. The molecule has 1 saturated heterocycles. The van der Waals surface area contributed by atoms with Crippen LogP contribution >= 0.6 is 0 Å². The molecule has 0 radical (unpaired) electrons. The lowest BCUT2D eigenvalue weighted by atomic mass is 10.1. The van der Waals surface area contributed by atoms with Crippen molar-refractivity contribution < 1.29 is 13.5 Å². The molecule has 0 aliphatic carbocycles. The second kappa shape index (κ2) is 8.09. The zero-order valence-electron chi connectivity index (χ0n) is 11.3. The molecule has 0 saturated carbocycles. The van der Waals surface area contributed by atoms with Crippen molar-refractivity contribution in [3.63, 3.8) is 0 Å². The summed E-state index contributed by atoms with van der Waals surface area (Å²) < 4.78 is 26.0. The van der Waals surface area contributed by atoms with Gasteiger partial charge in [0.05, 0.1) is 5.75 Å². The summed E-state index contributed by atoms with van der Waals surface area (Å²) in [6.45, 7) is 4.77. The predicted molar refractivity (Wildman–Crippen MR) is 73.0 cm³/mol. The molecule has 1 atom stereocenters. The molecule has 1 fully saturated rings. The lowest BCUT2D eigenvalue weighted by Gasteiger charge is -2.32. The lowest BCUT2D eigenvalue weighted by Crippen LogP contribution is -2.44. The molecule has 1 heterocycles. The molecular formula is C12H26N2O3S. The molecule has 1 unspecified atom stereocenters. The van der Waals surface area contributed by atoms with Gasteiger partial charge in [0.1, 0.15) is 0 Å². The summed E-state index contributed by atoms with van der Waals surface area (Å²) in [6, 6.07) is 0.262. The Morgan fingerprint density at radius 3 is 2.50 bits per heavy atom. The van der Waals surface area contributed by atoms with Gasteiger partial charge in [0.2, 0.25) is 10.0 Å². The number of unbranched alkanes of at least 4 members (excludes halogenated alkanes) is 1. The van der Waals surface area contributed by atoms with Gasteiger partial charge in [-0.05, 0) is 45.7 Å². The summed E-state index contributed by atoms with van der Waals surface area (Å²) in [4.78, 5) is 2.35. The van der Waals surface area contributed by atoms with Gasteiger partial charge in [-0.15, -0.1) is 0 Å². The van der Waals surface area contributed by atoms with Gasteiger partial charge in [0.15, 0.2) is 0 Å². The number of hydrogen-bond donors (Lipinski definition) is 2. The second-order valence-electron chi connectivity index (χ2n) is 5.04. The van der Waals surface area contributed by atoms with E-state index in [1.54, 1.807) is 0 Å². The standard InChI is InChI=1S/C12H26N2O3S/c1-12(14-7-3-2-4-8-14)11-13-18(16,17)10-6-5-9-15/h12-13,15H,2-11H2,1H3. The largest absolute Gasteiger partial charge is 0.396 e. The van der Waals surface area contributed by atoms with Crippen LogP contribution in [0.2, 0.25) is 0 Å². The fraction of sp³-hybridized carbons (Fsp3) is 1.00. The summed E-state index contributed by atoms with van der Waals surface area (Å²) in [5.41, 5.74) is 0. The minimum atomic E-state index is -3.18. The van der Waals surface area contributed by atoms with Gasteiger partial charge >= 0.3 is 0 Å². The number of aliphatic hydroxyl groups is 1. The van der Waals surface area contributed by atoms with E-state index < -0.39 is 10.0 Å². The lowest BCUT2D eigenvalue weighted by molar-refractivity contribution is 0.175. The van der Waals surface area contributed by atoms with Crippen LogP contribution in [0, 0.1) is 0 Å². The van der Waals surface area contributed by atoms with Crippen LogP contribution in [-0.2, 0) is 10.0 Å². The summed E-state index contributed by atoms with van der Waals surface area (Å²) in [6.07, 6.45) is 4.78. The van der Waals surface area contributed by atoms with E-state index in [0.717, 1.165) is 13.1 Å². The molecular weight excluding hydrogens is 252 g/mol. The van der Waals surface area contributed by atoms with Gasteiger partial charge in [0.25, 0.3) is 0 Å². The Kier molecular flexibility index (Phi) is 7.14. The van der Waals surface area contributed by atoms with Crippen molar-refractivity contribution >= 4 is 10.0 Å². The highest BCUT2D eigenvalue weighted by atomic mass is 32.2. The minimum Gasteiger partial charge on any atom is -0.396 e. The number of hydrogen-bond acceptors (Lipinski definition) is 4. The Morgan fingerprint density at radius 2 is 1.89 bits per heavy atom. The van der Waals surface area contributed by atoms with Crippen molar-refractivity contribution in [1.82, 2.24) is 9.62 Å². The van der Waals surface area contributed by atoms with Crippen LogP contribution < -0.4 is 4.72 Å². The summed E-state index contributed by atoms with van der Waals surface area (Å²) in [5.74, 6) is 0.111. The predicted octanol–water partition coefficient (Wildman–Crippen LogP) is 0.553. The van der Waals surface area contributed by atoms with Gasteiger partial charge < -0.3 is 5.11 Å². The van der Waals surface area contributed by atoms with E-state index in [1.807, 2.05) is 0 Å². The van der Waals surface area contributed by atoms with Gasteiger partial charge in [0, 0.05) is 19.2 Å². The number of likely N-dealkylation sites (tertiary alicyclic amines) is 1. The Labute approximate surface area is 111 Å². The first kappa shape index (κ1) is 15.9. The van der Waals surface area contributed by atoms with E-state index in [9.17, 15) is 8.42 Å². The molecule has 5 nitrogen and oxygen atoms in total. The van der Waals surface area contributed by atoms with E-state index in [2.05, 4.69) is 16.5 Å². The van der Waals surface area contributed by atoms with E-state index >= 15 is 0 Å². The third-order valence-corrected chi connectivity index (χ3v) is 4.87. The molecule has 0 bridgehead atoms. The molecule has 0 aromatic heterocycles. The summed E-state index contributed by atoms with van der Waals surface area (Å²) >= 11 is 0. The van der Waals surface area contributed by atoms with E-state index in [4.69, 9.17) is 5.11 Å². The molecule has 1 aliphatic rings. The van der Waals surface area contributed by atoms with Gasteiger partial charge in [-0.25, -0.2) is 13.1 Å². The Bertz CT molecular complexity index is 313. The fourth-order valence-corrected chi connectivity index (χ4v) is 3.44. The molecule has 6 heteroatoms. The number of piperidine rings is 1. The van der Waals surface area contributed by atoms with Crippen molar-refractivity contribution in [2.75, 3.05) is 32.0 Å². The zero-order chi connectivity index (χ0) is 13.4. The third kappa shape index (κ3) is 6.13. The molecule has 0 spiro atoms. The Morgan fingerprint density at radius 1 is 1.22 bits per heavy atom. The first-order valence-corrected chi connectivity index (χ1v) is 8.52. The van der Waals surface area contributed by atoms with Gasteiger partial charge in [-0.1, -0.05) is 6.42 Å². The van der Waals surface area contributed by atoms with Crippen LogP contribution in [0.15, 0.2) is 0 Å². The number of sulfonamides is 1. The first-order valence-electron chi connectivity index (χ1n) is 6.87. The highest BCUT2D eigenvalue weighted by Gasteiger charge is 2.18. The topological polar surface area (TPSA) is 69.6 Å². The highest BCUT2D eigenvalue weighted by Crippen LogP contribution is 2.11. The molecule has 108 valence electrons. The Balaban J connectivity index is 2.25. The SMILES string of the molecule is CC(CNS(=O)(=O)CCCCO)N1CCCCC1. The first-order chi connectivity index (χ1) is 8.55. The van der Waals surface area contributed by atoms with Crippen LogP contribution in [0.4, 0.5) is 0 Å². The number of aliphatic hydroxyl groups excluding tert-OH is 1. The summed E-state index contributed by atoms with van der Waals surface area (Å²) in [7, 11) is -3.18. The maximum atomic E-state index is 11.7. The van der Waals surface area contributed by atoms with Crippen molar-refractivity contribution in [2.24, 2.45) is 0 Å². The van der Waals surface area contributed by atoms with E-state index in [-0.39, 0.29) is 18.4 Å². The molecule has 0 aromatic rings. The maximum Gasteiger partial charge on any atom is 0.211 e. The maximum absolute atomic E-state index is 11.7. The summed E-state index contributed by atoms with van der Waals surface area (Å²) in [5, 5.41) is 8.63. The average molecular weight is 278 g/mol. The monoisotopic (exact) mass is 278 g/mol. The van der Waals surface area contributed by atoms with Crippen LogP contribution in [-0.4, -0.2) is 56.5 Å². The number of nitrogens with zero attached hydrogens (tertiary/aromatic N) is 1. The Hall–Kier alpha value is -0.170. The van der Waals surface area contributed by atoms with Gasteiger partial charge in [-0.2, -0.15) is 0 Å². The highest BCUT2D eigenvalue weighted by molar-refractivity contribution is 7.89. The zero-order valence-corrected chi connectivity index (χ0v) is 12.1. The molecule has 0 aromatic carbocycles. The molecule has 2 N–H and O–H groups in total. The quantitative estimate of drug-likeness (QED) is 0.636. The normalized spacial score (nSPS) is 19.9. The average Bonchev–Trinajstić information content (AvgIpc) is 2.37. The van der Waals surface area contributed by atoms with Crippen molar-refractivity contribution in [1.29, 1.82) is 0 Å². The molecule has 0 amide bonds. The molecule has 1 rings (SSSR count). The van der Waals surface area contributed by atoms with Crippen molar-refractivity contribution in [3.05, 3.63) is 0 Å². The van der Waals surface area contributed by atoms with Crippen molar-refractivity contribution in [2.45, 2.75) is 45.1 Å². The van der Waals surface area contributed by atoms with Crippen LogP contribution in [0.3, 0.4) is 0 Å². The second-order valence-corrected chi connectivity index (χ2v) is 6.97. The van der Waals surface area contributed by atoms with Crippen LogP contribution in [0.25, 0.3) is 0 Å². The van der Waals surface area contributed by atoms with Crippen LogP contribution in [0.1, 0.15) is 39.0 Å². The van der Waals surface area contributed by atoms with Gasteiger partial charge in [-0.3, -0.25) is 4.90 Å². The van der Waals surface area contributed by atoms with Crippen molar-refractivity contribution in [3.8, 4) is 0 Å². The third-order valence-electron chi connectivity index (χ3n) is 3.43.